The number of hydrogen-bond donors (Lipinski definition) is 1. The molecule has 2 unspecified atom stereocenters. The number of halogens is 2. The van der Waals surface area contributed by atoms with Crippen molar-refractivity contribution in [3.63, 3.8) is 0 Å². The Morgan fingerprint density at radius 2 is 2.21 bits per heavy atom. The summed E-state index contributed by atoms with van der Waals surface area (Å²) >= 11 is 11.9. The van der Waals surface area contributed by atoms with E-state index in [0.717, 1.165) is 18.4 Å². The molecule has 0 spiro atoms. The minimum absolute atomic E-state index is 0.0624. The summed E-state index contributed by atoms with van der Waals surface area (Å²) in [6.07, 6.45) is 6.99. The first-order valence-corrected chi connectivity index (χ1v) is 7.23. The van der Waals surface area contributed by atoms with Crippen molar-refractivity contribution in [3.05, 3.63) is 46.0 Å². The van der Waals surface area contributed by atoms with Gasteiger partial charge in [0.05, 0.1) is 16.1 Å². The number of rotatable bonds is 4. The summed E-state index contributed by atoms with van der Waals surface area (Å²) in [6.45, 7) is 1.95. The first-order chi connectivity index (χ1) is 9.06. The number of carbonyl (C=O) groups is 1. The second kappa shape index (κ2) is 6.44. The standard InChI is InChI=1S/C15H17Cl2NO/c1-10(12-6-7-13(16)14(17)9-12)18-15(19)8-11-4-2-3-5-11/h2,4,6-7,9-11H,3,5,8H2,1H3,(H,18,19). The van der Waals surface area contributed by atoms with Crippen molar-refractivity contribution in [1.82, 2.24) is 5.32 Å². The Kier molecular flexibility index (Phi) is 4.89. The predicted molar refractivity (Wildman–Crippen MR) is 79.5 cm³/mol. The minimum atomic E-state index is -0.0624. The van der Waals surface area contributed by atoms with Crippen LogP contribution in [0.5, 0.6) is 0 Å². The highest BCUT2D eigenvalue weighted by Crippen LogP contribution is 2.26. The first-order valence-electron chi connectivity index (χ1n) is 6.47. The molecular weight excluding hydrogens is 281 g/mol. The highest BCUT2D eigenvalue weighted by Gasteiger charge is 2.16. The Bertz CT molecular complexity index is 499. The number of benzene rings is 1. The molecule has 19 heavy (non-hydrogen) atoms. The van der Waals surface area contributed by atoms with Crippen molar-refractivity contribution in [1.29, 1.82) is 0 Å². The van der Waals surface area contributed by atoms with E-state index in [9.17, 15) is 4.79 Å². The van der Waals surface area contributed by atoms with Crippen LogP contribution in [-0.4, -0.2) is 5.91 Å². The maximum atomic E-state index is 11.9. The van der Waals surface area contributed by atoms with Crippen molar-refractivity contribution < 1.29 is 4.79 Å². The Balaban J connectivity index is 1.92. The fourth-order valence-electron chi connectivity index (χ4n) is 2.27. The van der Waals surface area contributed by atoms with E-state index >= 15 is 0 Å². The third-order valence-corrected chi connectivity index (χ3v) is 4.12. The van der Waals surface area contributed by atoms with E-state index in [2.05, 4.69) is 17.5 Å². The molecule has 1 aliphatic rings. The lowest BCUT2D eigenvalue weighted by atomic mass is 10.0. The van der Waals surface area contributed by atoms with Crippen molar-refractivity contribution in [2.24, 2.45) is 5.92 Å². The van der Waals surface area contributed by atoms with Crippen molar-refractivity contribution in [3.8, 4) is 0 Å². The van der Waals surface area contributed by atoms with Gasteiger partial charge in [-0.1, -0.05) is 41.4 Å². The molecule has 2 rings (SSSR count). The van der Waals surface area contributed by atoms with Crippen molar-refractivity contribution in [2.75, 3.05) is 0 Å². The molecule has 0 fully saturated rings. The Morgan fingerprint density at radius 1 is 1.42 bits per heavy atom. The van der Waals surface area contributed by atoms with Crippen LogP contribution in [0.15, 0.2) is 30.4 Å². The highest BCUT2D eigenvalue weighted by molar-refractivity contribution is 6.42. The zero-order valence-corrected chi connectivity index (χ0v) is 12.3. The average molecular weight is 298 g/mol. The number of hydrogen-bond acceptors (Lipinski definition) is 1. The van der Waals surface area contributed by atoms with Gasteiger partial charge in [-0.05, 0) is 43.4 Å². The molecule has 2 nitrogen and oxygen atoms in total. The smallest absolute Gasteiger partial charge is 0.221 e. The first kappa shape index (κ1) is 14.4. The average Bonchev–Trinajstić information content (AvgIpc) is 2.85. The Labute approximate surface area is 123 Å². The second-order valence-corrected chi connectivity index (χ2v) is 5.75. The van der Waals surface area contributed by atoms with E-state index in [4.69, 9.17) is 23.2 Å². The Hall–Kier alpha value is -0.990. The third-order valence-electron chi connectivity index (χ3n) is 3.38. The van der Waals surface area contributed by atoms with Crippen LogP contribution in [0.1, 0.15) is 37.8 Å². The van der Waals surface area contributed by atoms with Gasteiger partial charge in [-0.15, -0.1) is 0 Å². The van der Waals surface area contributed by atoms with Crippen LogP contribution in [0.2, 0.25) is 10.0 Å². The number of nitrogens with one attached hydrogen (secondary N) is 1. The molecule has 4 heteroatoms. The quantitative estimate of drug-likeness (QED) is 0.813. The SMILES string of the molecule is CC(NC(=O)CC1C=CCC1)c1ccc(Cl)c(Cl)c1. The maximum Gasteiger partial charge on any atom is 0.221 e. The van der Waals surface area contributed by atoms with Crippen LogP contribution in [0.3, 0.4) is 0 Å². The molecule has 1 aromatic carbocycles. The molecule has 0 aromatic heterocycles. The highest BCUT2D eigenvalue weighted by atomic mass is 35.5. The van der Waals surface area contributed by atoms with Gasteiger partial charge < -0.3 is 5.32 Å². The molecule has 0 heterocycles. The summed E-state index contributed by atoms with van der Waals surface area (Å²) in [5.74, 6) is 0.469. The van der Waals surface area contributed by atoms with E-state index in [1.54, 1.807) is 12.1 Å². The molecule has 0 saturated carbocycles. The summed E-state index contributed by atoms with van der Waals surface area (Å²) in [5.41, 5.74) is 0.963. The molecule has 0 aliphatic heterocycles. The van der Waals surface area contributed by atoms with E-state index in [1.165, 1.54) is 0 Å². The van der Waals surface area contributed by atoms with Crippen LogP contribution in [-0.2, 0) is 4.79 Å². The van der Waals surface area contributed by atoms with Gasteiger partial charge in [0.15, 0.2) is 0 Å². The van der Waals surface area contributed by atoms with Crippen LogP contribution in [0, 0.1) is 5.92 Å². The predicted octanol–water partition coefficient (Wildman–Crippen LogP) is 4.53. The summed E-state index contributed by atoms with van der Waals surface area (Å²) in [7, 11) is 0. The topological polar surface area (TPSA) is 29.1 Å². The van der Waals surface area contributed by atoms with E-state index in [0.29, 0.717) is 22.4 Å². The fraction of sp³-hybridized carbons (Fsp3) is 0.400. The van der Waals surface area contributed by atoms with E-state index in [-0.39, 0.29) is 11.9 Å². The molecule has 0 bridgehead atoms. The molecule has 1 amide bonds. The fourth-order valence-corrected chi connectivity index (χ4v) is 2.58. The maximum absolute atomic E-state index is 11.9. The summed E-state index contributed by atoms with van der Waals surface area (Å²) in [5, 5.41) is 4.04. The van der Waals surface area contributed by atoms with Gasteiger partial charge >= 0.3 is 0 Å². The largest absolute Gasteiger partial charge is 0.350 e. The van der Waals surface area contributed by atoms with Gasteiger partial charge in [-0.3, -0.25) is 4.79 Å². The molecular formula is C15H17Cl2NO. The van der Waals surface area contributed by atoms with Crippen molar-refractivity contribution in [2.45, 2.75) is 32.2 Å². The lowest BCUT2D eigenvalue weighted by Crippen LogP contribution is -2.27. The summed E-state index contributed by atoms with van der Waals surface area (Å²) < 4.78 is 0. The minimum Gasteiger partial charge on any atom is -0.350 e. The Morgan fingerprint density at radius 3 is 2.84 bits per heavy atom. The van der Waals surface area contributed by atoms with Gasteiger partial charge in [-0.25, -0.2) is 0 Å². The van der Waals surface area contributed by atoms with Gasteiger partial charge in [0, 0.05) is 6.42 Å². The zero-order chi connectivity index (χ0) is 13.8. The van der Waals surface area contributed by atoms with Crippen LogP contribution in [0.4, 0.5) is 0 Å². The molecule has 1 aliphatic carbocycles. The van der Waals surface area contributed by atoms with Gasteiger partial charge in [0.25, 0.3) is 0 Å². The number of amides is 1. The molecule has 1 N–H and O–H groups in total. The summed E-state index contributed by atoms with van der Waals surface area (Å²) in [6, 6.07) is 5.37. The van der Waals surface area contributed by atoms with Gasteiger partial charge in [0.1, 0.15) is 0 Å². The van der Waals surface area contributed by atoms with Crippen LogP contribution < -0.4 is 5.32 Å². The van der Waals surface area contributed by atoms with Crippen LogP contribution >= 0.6 is 23.2 Å². The number of allylic oxidation sites excluding steroid dienone is 2. The molecule has 0 saturated heterocycles. The monoisotopic (exact) mass is 297 g/mol. The van der Waals surface area contributed by atoms with E-state index in [1.807, 2.05) is 13.0 Å². The molecule has 2 atom stereocenters. The van der Waals surface area contributed by atoms with Crippen molar-refractivity contribution >= 4 is 29.1 Å². The molecule has 102 valence electrons. The van der Waals surface area contributed by atoms with Gasteiger partial charge in [0.2, 0.25) is 5.91 Å². The number of carbonyl (C=O) groups excluding carboxylic acids is 1. The van der Waals surface area contributed by atoms with Gasteiger partial charge in [-0.2, -0.15) is 0 Å². The molecule has 1 aromatic rings. The lowest BCUT2D eigenvalue weighted by Gasteiger charge is -2.16. The zero-order valence-electron chi connectivity index (χ0n) is 10.8. The second-order valence-electron chi connectivity index (χ2n) is 4.93. The normalized spacial score (nSPS) is 19.4. The summed E-state index contributed by atoms with van der Waals surface area (Å²) in [4.78, 5) is 11.9. The van der Waals surface area contributed by atoms with Crippen LogP contribution in [0.25, 0.3) is 0 Å². The van der Waals surface area contributed by atoms with E-state index < -0.39 is 0 Å². The lowest BCUT2D eigenvalue weighted by molar-refractivity contribution is -0.122. The third kappa shape index (κ3) is 3.99. The molecule has 0 radical (unpaired) electrons.